The summed E-state index contributed by atoms with van der Waals surface area (Å²) in [5, 5.41) is 0. The highest BCUT2D eigenvalue weighted by Gasteiger charge is 2.71. The molecule has 2 aliphatic rings. The van der Waals surface area contributed by atoms with Gasteiger partial charge in [0.15, 0.2) is 0 Å². The summed E-state index contributed by atoms with van der Waals surface area (Å²) in [6.07, 6.45) is 2.08. The Balaban J connectivity index is 2.09. The number of ether oxygens (including phenoxy) is 1. The summed E-state index contributed by atoms with van der Waals surface area (Å²) in [6.45, 7) is 9.99. The first kappa shape index (κ1) is 14.8. The molecule has 1 heterocycles. The Hall–Kier alpha value is -0.610. The van der Waals surface area contributed by atoms with Gasteiger partial charge >= 0.3 is 0 Å². The molecule has 1 saturated heterocycles. The van der Waals surface area contributed by atoms with Gasteiger partial charge in [0.25, 0.3) is 0 Å². The van der Waals surface area contributed by atoms with E-state index < -0.39 is 5.54 Å². The number of carbonyl (C=O) groups is 1. The molecule has 110 valence electrons. The second kappa shape index (κ2) is 4.74. The minimum atomic E-state index is -0.750. The Morgan fingerprint density at radius 2 is 2.11 bits per heavy atom. The van der Waals surface area contributed by atoms with Crippen LogP contribution in [0.4, 0.5) is 0 Å². The van der Waals surface area contributed by atoms with Crippen LogP contribution in [0.1, 0.15) is 40.5 Å². The molecule has 0 aromatic carbocycles. The molecule has 1 amide bonds. The van der Waals surface area contributed by atoms with Gasteiger partial charge in [-0.1, -0.05) is 27.7 Å². The number of rotatable bonds is 4. The molecule has 4 nitrogen and oxygen atoms in total. The molecule has 0 spiro atoms. The Bertz CT molecular complexity index is 367. The fraction of sp³-hybridized carbons (Fsp3) is 0.933. The van der Waals surface area contributed by atoms with Crippen LogP contribution in [-0.2, 0) is 9.53 Å². The average Bonchev–Trinajstić information content (AvgIpc) is 2.81. The number of hydrogen-bond acceptors (Lipinski definition) is 3. The zero-order valence-corrected chi connectivity index (χ0v) is 12.9. The van der Waals surface area contributed by atoms with Gasteiger partial charge in [-0.15, -0.1) is 0 Å². The maximum Gasteiger partial charge on any atom is 0.243 e. The minimum Gasteiger partial charge on any atom is -0.377 e. The van der Waals surface area contributed by atoms with Crippen molar-refractivity contribution in [2.45, 2.75) is 52.2 Å². The molecular formula is C15H28N2O2. The van der Waals surface area contributed by atoms with Gasteiger partial charge in [0.05, 0.1) is 6.10 Å². The van der Waals surface area contributed by atoms with Gasteiger partial charge in [-0.3, -0.25) is 4.79 Å². The van der Waals surface area contributed by atoms with Gasteiger partial charge in [-0.2, -0.15) is 0 Å². The van der Waals surface area contributed by atoms with Crippen LogP contribution >= 0.6 is 0 Å². The van der Waals surface area contributed by atoms with Crippen molar-refractivity contribution in [3.8, 4) is 0 Å². The highest BCUT2D eigenvalue weighted by Crippen LogP contribution is 2.58. The standard InChI is InChI=1S/C15H28N2O2/c1-10(2)6-8-17(5)13(18)15(16)11-7-9-19-12(11)14(15,3)4/h10-12H,6-9,16H2,1-5H3. The fourth-order valence-corrected chi connectivity index (χ4v) is 3.69. The van der Waals surface area contributed by atoms with E-state index in [0.29, 0.717) is 5.92 Å². The third kappa shape index (κ3) is 2.00. The summed E-state index contributed by atoms with van der Waals surface area (Å²) in [6, 6.07) is 0. The zero-order chi connectivity index (χ0) is 14.4. The van der Waals surface area contributed by atoms with Crippen LogP contribution in [0.5, 0.6) is 0 Å². The number of amides is 1. The van der Waals surface area contributed by atoms with E-state index in [2.05, 4.69) is 27.7 Å². The molecule has 0 aromatic heterocycles. The Morgan fingerprint density at radius 3 is 2.68 bits per heavy atom. The van der Waals surface area contributed by atoms with Crippen LogP contribution < -0.4 is 5.73 Å². The molecule has 0 radical (unpaired) electrons. The summed E-state index contributed by atoms with van der Waals surface area (Å²) in [5.74, 6) is 0.877. The summed E-state index contributed by atoms with van der Waals surface area (Å²) < 4.78 is 5.74. The van der Waals surface area contributed by atoms with Crippen molar-refractivity contribution < 1.29 is 9.53 Å². The molecule has 2 fully saturated rings. The predicted molar refractivity (Wildman–Crippen MR) is 75.6 cm³/mol. The van der Waals surface area contributed by atoms with Crippen LogP contribution in [0.25, 0.3) is 0 Å². The number of fused-ring (bicyclic) bond motifs is 1. The highest BCUT2D eigenvalue weighted by molar-refractivity contribution is 5.89. The Kier molecular flexibility index (Phi) is 3.69. The van der Waals surface area contributed by atoms with Crippen molar-refractivity contribution >= 4 is 5.91 Å². The molecule has 1 aliphatic heterocycles. The fourth-order valence-electron chi connectivity index (χ4n) is 3.69. The van der Waals surface area contributed by atoms with Gasteiger partial charge in [-0.25, -0.2) is 0 Å². The highest BCUT2D eigenvalue weighted by atomic mass is 16.5. The van der Waals surface area contributed by atoms with Crippen molar-refractivity contribution in [2.24, 2.45) is 23.0 Å². The van der Waals surface area contributed by atoms with E-state index >= 15 is 0 Å². The number of carbonyl (C=O) groups excluding carboxylic acids is 1. The molecule has 4 heteroatoms. The van der Waals surface area contributed by atoms with Gasteiger partial charge < -0.3 is 15.4 Å². The molecule has 3 atom stereocenters. The topological polar surface area (TPSA) is 55.6 Å². The smallest absolute Gasteiger partial charge is 0.243 e. The van der Waals surface area contributed by atoms with Gasteiger partial charge in [-0.05, 0) is 18.8 Å². The van der Waals surface area contributed by atoms with E-state index in [1.54, 1.807) is 0 Å². The maximum absolute atomic E-state index is 12.8. The predicted octanol–water partition coefficient (Wildman–Crippen LogP) is 1.63. The van der Waals surface area contributed by atoms with E-state index in [-0.39, 0.29) is 23.3 Å². The quantitative estimate of drug-likeness (QED) is 0.843. The molecule has 2 N–H and O–H groups in total. The minimum absolute atomic E-state index is 0.0879. The zero-order valence-electron chi connectivity index (χ0n) is 12.9. The number of likely N-dealkylation sites (N-methyl/N-ethyl adjacent to an activating group) is 1. The summed E-state index contributed by atoms with van der Waals surface area (Å²) in [7, 11) is 1.87. The Morgan fingerprint density at radius 1 is 1.47 bits per heavy atom. The SMILES string of the molecule is CC(C)CCN(C)C(=O)C1(N)C2CCOC2C1(C)C. The third-order valence-electron chi connectivity index (χ3n) is 5.20. The van der Waals surface area contributed by atoms with E-state index in [4.69, 9.17) is 10.5 Å². The molecular weight excluding hydrogens is 240 g/mol. The van der Waals surface area contributed by atoms with Crippen molar-refractivity contribution in [3.05, 3.63) is 0 Å². The lowest BCUT2D eigenvalue weighted by Crippen LogP contribution is -2.80. The summed E-state index contributed by atoms with van der Waals surface area (Å²) in [5.41, 5.74) is 5.53. The van der Waals surface area contributed by atoms with Gasteiger partial charge in [0, 0.05) is 31.5 Å². The normalized spacial score (nSPS) is 35.9. The van der Waals surface area contributed by atoms with Gasteiger partial charge in [0.2, 0.25) is 5.91 Å². The van der Waals surface area contributed by atoms with E-state index in [9.17, 15) is 4.79 Å². The number of nitrogens with two attached hydrogens (primary N) is 1. The molecule has 1 aliphatic carbocycles. The lowest BCUT2D eigenvalue weighted by atomic mass is 9.47. The monoisotopic (exact) mass is 268 g/mol. The van der Waals surface area contributed by atoms with Crippen molar-refractivity contribution in [1.82, 2.24) is 4.90 Å². The van der Waals surface area contributed by atoms with E-state index in [1.165, 1.54) is 0 Å². The second-order valence-corrected chi connectivity index (χ2v) is 7.19. The average molecular weight is 268 g/mol. The molecule has 3 unspecified atom stereocenters. The van der Waals surface area contributed by atoms with Crippen molar-refractivity contribution in [3.63, 3.8) is 0 Å². The van der Waals surface area contributed by atoms with E-state index in [0.717, 1.165) is 26.0 Å². The molecule has 1 saturated carbocycles. The largest absolute Gasteiger partial charge is 0.377 e. The summed E-state index contributed by atoms with van der Waals surface area (Å²) in [4.78, 5) is 14.6. The number of nitrogens with zero attached hydrogens (tertiary/aromatic N) is 1. The molecule has 19 heavy (non-hydrogen) atoms. The maximum atomic E-state index is 12.8. The number of hydrogen-bond donors (Lipinski definition) is 1. The van der Waals surface area contributed by atoms with Crippen LogP contribution in [0.15, 0.2) is 0 Å². The first-order valence-corrected chi connectivity index (χ1v) is 7.39. The van der Waals surface area contributed by atoms with Crippen LogP contribution in [0.3, 0.4) is 0 Å². The van der Waals surface area contributed by atoms with Crippen LogP contribution in [0, 0.1) is 17.3 Å². The molecule has 0 aromatic rings. The first-order chi connectivity index (χ1) is 8.73. The van der Waals surface area contributed by atoms with Crippen molar-refractivity contribution in [1.29, 1.82) is 0 Å². The third-order valence-corrected chi connectivity index (χ3v) is 5.20. The second-order valence-electron chi connectivity index (χ2n) is 7.19. The molecule has 2 rings (SSSR count). The van der Waals surface area contributed by atoms with Crippen LogP contribution in [0.2, 0.25) is 0 Å². The lowest BCUT2D eigenvalue weighted by molar-refractivity contribution is -0.183. The lowest BCUT2D eigenvalue weighted by Gasteiger charge is -2.61. The van der Waals surface area contributed by atoms with Crippen LogP contribution in [-0.4, -0.2) is 42.6 Å². The summed E-state index contributed by atoms with van der Waals surface area (Å²) >= 11 is 0. The van der Waals surface area contributed by atoms with Gasteiger partial charge in [0.1, 0.15) is 5.54 Å². The van der Waals surface area contributed by atoms with E-state index in [1.807, 2.05) is 11.9 Å². The molecule has 0 bridgehead atoms. The van der Waals surface area contributed by atoms with Crippen molar-refractivity contribution in [2.75, 3.05) is 20.2 Å². The first-order valence-electron chi connectivity index (χ1n) is 7.39. The Labute approximate surface area is 116 Å².